The molecule has 3 heteroatoms. The van der Waals surface area contributed by atoms with Crippen molar-refractivity contribution in [3.8, 4) is 5.06 Å². The second kappa shape index (κ2) is 2.71. The molecule has 0 saturated carbocycles. The molecule has 0 saturated heterocycles. The predicted molar refractivity (Wildman–Crippen MR) is 43.3 cm³/mol. The van der Waals surface area contributed by atoms with Crippen molar-refractivity contribution in [2.45, 2.75) is 6.92 Å². The highest BCUT2D eigenvalue weighted by atomic mass is 79.9. The molecule has 0 amide bonds. The van der Waals surface area contributed by atoms with Crippen LogP contribution in [0.3, 0.4) is 0 Å². The van der Waals surface area contributed by atoms with Crippen LogP contribution in [-0.4, -0.2) is 7.11 Å². The summed E-state index contributed by atoms with van der Waals surface area (Å²) in [6.07, 6.45) is 0. The first-order chi connectivity index (χ1) is 4.25. The SMILES string of the molecule is COc1scc(Br)c1C. The normalized spacial score (nSPS) is 9.67. The van der Waals surface area contributed by atoms with Gasteiger partial charge in [0.05, 0.1) is 7.11 Å². The zero-order valence-electron chi connectivity index (χ0n) is 5.27. The van der Waals surface area contributed by atoms with Gasteiger partial charge in [-0.15, -0.1) is 11.3 Å². The fraction of sp³-hybridized carbons (Fsp3) is 0.333. The highest BCUT2D eigenvalue weighted by Crippen LogP contribution is 2.32. The summed E-state index contributed by atoms with van der Waals surface area (Å²) in [7, 11) is 1.69. The van der Waals surface area contributed by atoms with Crippen molar-refractivity contribution in [3.63, 3.8) is 0 Å². The van der Waals surface area contributed by atoms with Gasteiger partial charge in [0, 0.05) is 15.4 Å². The van der Waals surface area contributed by atoms with Crippen molar-refractivity contribution < 1.29 is 4.74 Å². The molecule has 0 unspecified atom stereocenters. The van der Waals surface area contributed by atoms with E-state index in [9.17, 15) is 0 Å². The first-order valence-corrected chi connectivity index (χ1v) is 4.20. The Morgan fingerprint density at radius 2 is 2.33 bits per heavy atom. The number of hydrogen-bond acceptors (Lipinski definition) is 2. The van der Waals surface area contributed by atoms with Gasteiger partial charge in [0.1, 0.15) is 0 Å². The number of ether oxygens (including phenoxy) is 1. The van der Waals surface area contributed by atoms with E-state index in [0.717, 1.165) is 9.54 Å². The van der Waals surface area contributed by atoms with Crippen molar-refractivity contribution in [1.82, 2.24) is 0 Å². The van der Waals surface area contributed by atoms with E-state index in [0.29, 0.717) is 0 Å². The summed E-state index contributed by atoms with van der Waals surface area (Å²) in [6, 6.07) is 0. The molecule has 0 aliphatic rings. The van der Waals surface area contributed by atoms with Crippen molar-refractivity contribution in [1.29, 1.82) is 0 Å². The molecular formula is C6H7BrOS. The van der Waals surface area contributed by atoms with Crippen LogP contribution in [0, 0.1) is 6.92 Å². The molecule has 1 heterocycles. The Bertz CT molecular complexity index is 207. The van der Waals surface area contributed by atoms with E-state index in [1.54, 1.807) is 18.4 Å². The van der Waals surface area contributed by atoms with E-state index in [4.69, 9.17) is 4.74 Å². The highest BCUT2D eigenvalue weighted by Gasteiger charge is 2.02. The van der Waals surface area contributed by atoms with E-state index in [1.807, 2.05) is 12.3 Å². The molecule has 0 radical (unpaired) electrons. The molecule has 1 rings (SSSR count). The monoisotopic (exact) mass is 206 g/mol. The summed E-state index contributed by atoms with van der Waals surface area (Å²) in [6.45, 7) is 2.03. The largest absolute Gasteiger partial charge is 0.487 e. The third kappa shape index (κ3) is 1.27. The minimum atomic E-state index is 0.988. The Labute approximate surface area is 66.8 Å². The predicted octanol–water partition coefficient (Wildman–Crippen LogP) is 2.83. The Kier molecular flexibility index (Phi) is 2.13. The highest BCUT2D eigenvalue weighted by molar-refractivity contribution is 9.10. The molecular weight excluding hydrogens is 200 g/mol. The fourth-order valence-electron chi connectivity index (χ4n) is 0.581. The van der Waals surface area contributed by atoms with Gasteiger partial charge >= 0.3 is 0 Å². The molecule has 1 aromatic heterocycles. The lowest BCUT2D eigenvalue weighted by Crippen LogP contribution is -1.78. The average Bonchev–Trinajstić information content (AvgIpc) is 2.15. The maximum Gasteiger partial charge on any atom is 0.177 e. The van der Waals surface area contributed by atoms with Gasteiger partial charge in [0.25, 0.3) is 0 Å². The summed E-state index contributed by atoms with van der Waals surface area (Å²) >= 11 is 4.99. The number of methoxy groups -OCH3 is 1. The van der Waals surface area contributed by atoms with Gasteiger partial charge in [-0.3, -0.25) is 0 Å². The maximum absolute atomic E-state index is 5.05. The third-order valence-corrected chi connectivity index (χ3v) is 3.29. The summed E-state index contributed by atoms with van der Waals surface area (Å²) < 4.78 is 6.18. The van der Waals surface area contributed by atoms with E-state index >= 15 is 0 Å². The lowest BCUT2D eigenvalue weighted by atomic mass is 10.4. The summed E-state index contributed by atoms with van der Waals surface area (Å²) in [5.74, 6) is 0. The summed E-state index contributed by atoms with van der Waals surface area (Å²) in [5.41, 5.74) is 1.18. The average molecular weight is 207 g/mol. The van der Waals surface area contributed by atoms with Gasteiger partial charge in [-0.05, 0) is 22.9 Å². The number of thiophene rings is 1. The van der Waals surface area contributed by atoms with Crippen LogP contribution in [0.25, 0.3) is 0 Å². The van der Waals surface area contributed by atoms with Crippen LogP contribution < -0.4 is 4.74 Å². The molecule has 0 N–H and O–H groups in total. The van der Waals surface area contributed by atoms with E-state index in [2.05, 4.69) is 15.9 Å². The first-order valence-electron chi connectivity index (χ1n) is 2.53. The quantitative estimate of drug-likeness (QED) is 0.687. The molecule has 0 aliphatic heterocycles. The summed E-state index contributed by atoms with van der Waals surface area (Å²) in [4.78, 5) is 0. The van der Waals surface area contributed by atoms with Crippen molar-refractivity contribution in [3.05, 3.63) is 15.4 Å². The molecule has 0 aromatic carbocycles. The zero-order valence-corrected chi connectivity index (χ0v) is 7.67. The Hall–Kier alpha value is -0.0200. The van der Waals surface area contributed by atoms with Crippen LogP contribution in [-0.2, 0) is 0 Å². The number of halogens is 1. The van der Waals surface area contributed by atoms with Crippen LogP contribution >= 0.6 is 27.3 Å². The maximum atomic E-state index is 5.05. The van der Waals surface area contributed by atoms with Gasteiger partial charge in [-0.25, -0.2) is 0 Å². The molecule has 0 aliphatic carbocycles. The second-order valence-corrected chi connectivity index (χ2v) is 3.40. The fourth-order valence-corrected chi connectivity index (χ4v) is 1.94. The Morgan fingerprint density at radius 1 is 1.67 bits per heavy atom. The van der Waals surface area contributed by atoms with E-state index < -0.39 is 0 Å². The van der Waals surface area contributed by atoms with Gasteiger partial charge in [0.2, 0.25) is 0 Å². The minimum absolute atomic E-state index is 0.988. The van der Waals surface area contributed by atoms with Crippen LogP contribution in [0.5, 0.6) is 5.06 Å². The molecule has 1 nitrogen and oxygen atoms in total. The van der Waals surface area contributed by atoms with E-state index in [1.165, 1.54) is 5.56 Å². The molecule has 0 atom stereocenters. The summed E-state index contributed by atoms with van der Waals surface area (Å²) in [5, 5.41) is 3.01. The van der Waals surface area contributed by atoms with Crippen molar-refractivity contribution in [2.24, 2.45) is 0 Å². The van der Waals surface area contributed by atoms with Crippen LogP contribution in [0.1, 0.15) is 5.56 Å². The van der Waals surface area contributed by atoms with Crippen LogP contribution in [0.2, 0.25) is 0 Å². The molecule has 0 spiro atoms. The topological polar surface area (TPSA) is 9.23 Å². The second-order valence-electron chi connectivity index (χ2n) is 1.70. The first kappa shape index (κ1) is 7.09. The van der Waals surface area contributed by atoms with Crippen LogP contribution in [0.15, 0.2) is 9.85 Å². The van der Waals surface area contributed by atoms with E-state index in [-0.39, 0.29) is 0 Å². The minimum Gasteiger partial charge on any atom is -0.487 e. The molecule has 9 heavy (non-hydrogen) atoms. The van der Waals surface area contributed by atoms with Crippen LogP contribution in [0.4, 0.5) is 0 Å². The van der Waals surface area contributed by atoms with Gasteiger partial charge < -0.3 is 4.74 Å². The lowest BCUT2D eigenvalue weighted by molar-refractivity contribution is 0.424. The third-order valence-electron chi connectivity index (χ3n) is 1.12. The van der Waals surface area contributed by atoms with Gasteiger partial charge in [0.15, 0.2) is 5.06 Å². The zero-order chi connectivity index (χ0) is 6.85. The molecule has 0 fully saturated rings. The smallest absolute Gasteiger partial charge is 0.177 e. The number of rotatable bonds is 1. The Morgan fingerprint density at radius 3 is 2.56 bits per heavy atom. The lowest BCUT2D eigenvalue weighted by Gasteiger charge is -1.93. The molecule has 0 bridgehead atoms. The Balaban J connectivity index is 3.04. The van der Waals surface area contributed by atoms with Gasteiger partial charge in [-0.2, -0.15) is 0 Å². The van der Waals surface area contributed by atoms with Gasteiger partial charge in [-0.1, -0.05) is 0 Å². The van der Waals surface area contributed by atoms with Crippen molar-refractivity contribution >= 4 is 27.3 Å². The molecule has 50 valence electrons. The number of hydrogen-bond donors (Lipinski definition) is 0. The standard InChI is InChI=1S/C6H7BrOS/c1-4-5(7)3-9-6(4)8-2/h3H,1-2H3. The van der Waals surface area contributed by atoms with Crippen molar-refractivity contribution in [2.75, 3.05) is 7.11 Å². The molecule has 1 aromatic rings.